The molecule has 0 aliphatic heterocycles. The van der Waals surface area contributed by atoms with Crippen LogP contribution in [0.2, 0.25) is 0 Å². The van der Waals surface area contributed by atoms with Crippen LogP contribution in [0.25, 0.3) is 0 Å². The maximum absolute atomic E-state index is 11.8. The highest BCUT2D eigenvalue weighted by molar-refractivity contribution is 7.99. The van der Waals surface area contributed by atoms with Gasteiger partial charge in [0.05, 0.1) is 0 Å². The minimum atomic E-state index is 0.0348. The van der Waals surface area contributed by atoms with Crippen LogP contribution in [-0.2, 0) is 4.79 Å². The summed E-state index contributed by atoms with van der Waals surface area (Å²) in [4.78, 5) is 16.9. The van der Waals surface area contributed by atoms with Gasteiger partial charge in [0, 0.05) is 35.2 Å². The molecule has 20 heavy (non-hydrogen) atoms. The Morgan fingerprint density at radius 3 is 2.60 bits per heavy atom. The molecular formula is C16H18N2OS. The molecule has 0 atom stereocenters. The zero-order valence-corrected chi connectivity index (χ0v) is 12.5. The number of amides is 1. The molecule has 1 amide bonds. The third-order valence-electron chi connectivity index (χ3n) is 3.04. The van der Waals surface area contributed by atoms with Crippen LogP contribution in [0.15, 0.2) is 47.6 Å². The molecule has 0 fully saturated rings. The number of aryl methyl sites for hydroxylation is 2. The second-order valence-corrected chi connectivity index (χ2v) is 5.80. The number of nitrogens with zero attached hydrogens (tertiary/aromatic N) is 1. The summed E-state index contributed by atoms with van der Waals surface area (Å²) in [6.07, 6.45) is 3.83. The number of aromatic nitrogens is 1. The van der Waals surface area contributed by atoms with E-state index in [4.69, 9.17) is 0 Å². The van der Waals surface area contributed by atoms with Gasteiger partial charge in [0.2, 0.25) is 5.91 Å². The fraction of sp³-hybridized carbons (Fsp3) is 0.250. The van der Waals surface area contributed by atoms with E-state index in [0.717, 1.165) is 11.4 Å². The average Bonchev–Trinajstić information content (AvgIpc) is 2.44. The van der Waals surface area contributed by atoms with Crippen molar-refractivity contribution < 1.29 is 4.79 Å². The Hall–Kier alpha value is -1.81. The number of hydrogen-bond acceptors (Lipinski definition) is 3. The lowest BCUT2D eigenvalue weighted by molar-refractivity contribution is -0.115. The van der Waals surface area contributed by atoms with Crippen molar-refractivity contribution in [3.8, 4) is 0 Å². The van der Waals surface area contributed by atoms with Gasteiger partial charge in [-0.1, -0.05) is 6.07 Å². The summed E-state index contributed by atoms with van der Waals surface area (Å²) in [5.74, 6) is 0.812. The third kappa shape index (κ3) is 4.38. The molecule has 2 aromatic rings. The lowest BCUT2D eigenvalue weighted by atomic mass is 10.1. The Labute approximate surface area is 123 Å². The van der Waals surface area contributed by atoms with E-state index in [2.05, 4.69) is 42.3 Å². The van der Waals surface area contributed by atoms with E-state index in [1.54, 1.807) is 36.3 Å². The number of anilines is 1. The fourth-order valence-corrected chi connectivity index (χ4v) is 2.67. The Balaban J connectivity index is 1.78. The predicted molar refractivity (Wildman–Crippen MR) is 84.1 cm³/mol. The first-order valence-corrected chi connectivity index (χ1v) is 7.53. The molecule has 1 N–H and O–H groups in total. The van der Waals surface area contributed by atoms with Crippen molar-refractivity contribution in [1.29, 1.82) is 0 Å². The predicted octanol–water partition coefficient (Wildman–Crippen LogP) is 3.82. The van der Waals surface area contributed by atoms with E-state index < -0.39 is 0 Å². The van der Waals surface area contributed by atoms with Crippen molar-refractivity contribution in [1.82, 2.24) is 4.98 Å². The second kappa shape index (κ2) is 7.10. The molecule has 0 radical (unpaired) electrons. The zero-order chi connectivity index (χ0) is 14.4. The molecular weight excluding hydrogens is 268 g/mol. The Bertz CT molecular complexity index is 584. The minimum absolute atomic E-state index is 0.0348. The van der Waals surface area contributed by atoms with Crippen LogP contribution >= 0.6 is 11.8 Å². The topological polar surface area (TPSA) is 42.0 Å². The zero-order valence-electron chi connectivity index (χ0n) is 11.7. The Morgan fingerprint density at radius 2 is 1.90 bits per heavy atom. The maximum atomic E-state index is 11.8. The first-order chi connectivity index (χ1) is 9.65. The summed E-state index contributed by atoms with van der Waals surface area (Å²) >= 11 is 1.71. The minimum Gasteiger partial charge on any atom is -0.326 e. The number of carbonyl (C=O) groups excluding carboxylic acids is 1. The van der Waals surface area contributed by atoms with Crippen molar-refractivity contribution >= 4 is 23.4 Å². The quantitative estimate of drug-likeness (QED) is 0.850. The van der Waals surface area contributed by atoms with Gasteiger partial charge in [-0.2, -0.15) is 0 Å². The van der Waals surface area contributed by atoms with Gasteiger partial charge in [-0.15, -0.1) is 11.8 Å². The summed E-state index contributed by atoms with van der Waals surface area (Å²) < 4.78 is 0. The third-order valence-corrected chi connectivity index (χ3v) is 4.04. The molecule has 4 heteroatoms. The van der Waals surface area contributed by atoms with E-state index in [1.807, 2.05) is 0 Å². The first kappa shape index (κ1) is 14.6. The van der Waals surface area contributed by atoms with E-state index in [9.17, 15) is 4.79 Å². The summed E-state index contributed by atoms with van der Waals surface area (Å²) in [7, 11) is 0. The normalized spacial score (nSPS) is 10.3. The van der Waals surface area contributed by atoms with Crippen LogP contribution in [-0.4, -0.2) is 16.6 Å². The van der Waals surface area contributed by atoms with Crippen LogP contribution < -0.4 is 5.32 Å². The SMILES string of the molecule is Cc1ccc(SCCC(=O)Nc2ccncc2)cc1C. The Kier molecular flexibility index (Phi) is 5.18. The van der Waals surface area contributed by atoms with Gasteiger partial charge in [-0.3, -0.25) is 9.78 Å². The fourth-order valence-electron chi connectivity index (χ4n) is 1.72. The lowest BCUT2D eigenvalue weighted by Crippen LogP contribution is -2.12. The molecule has 0 aliphatic rings. The highest BCUT2D eigenvalue weighted by atomic mass is 32.2. The van der Waals surface area contributed by atoms with Crippen molar-refractivity contribution in [3.05, 3.63) is 53.9 Å². The lowest BCUT2D eigenvalue weighted by Gasteiger charge is -2.06. The van der Waals surface area contributed by atoms with Crippen molar-refractivity contribution in [2.75, 3.05) is 11.1 Å². The molecule has 0 unspecified atom stereocenters. The van der Waals surface area contributed by atoms with Gasteiger partial charge in [0.15, 0.2) is 0 Å². The smallest absolute Gasteiger partial charge is 0.225 e. The highest BCUT2D eigenvalue weighted by Gasteiger charge is 2.03. The number of benzene rings is 1. The van der Waals surface area contributed by atoms with Gasteiger partial charge in [0.25, 0.3) is 0 Å². The number of carbonyl (C=O) groups is 1. The molecule has 0 saturated carbocycles. The van der Waals surface area contributed by atoms with Gasteiger partial charge in [0.1, 0.15) is 0 Å². The standard InChI is InChI=1S/C16H18N2OS/c1-12-3-4-15(11-13(12)2)20-10-7-16(19)18-14-5-8-17-9-6-14/h3-6,8-9,11H,7,10H2,1-2H3,(H,17,18,19). The van der Waals surface area contributed by atoms with E-state index in [0.29, 0.717) is 6.42 Å². The van der Waals surface area contributed by atoms with Crippen molar-refractivity contribution in [2.45, 2.75) is 25.2 Å². The maximum Gasteiger partial charge on any atom is 0.225 e. The van der Waals surface area contributed by atoms with E-state index in [-0.39, 0.29) is 5.91 Å². The molecule has 0 saturated heterocycles. The van der Waals surface area contributed by atoms with Crippen molar-refractivity contribution in [2.24, 2.45) is 0 Å². The summed E-state index contributed by atoms with van der Waals surface area (Å²) in [5.41, 5.74) is 3.38. The molecule has 0 bridgehead atoms. The van der Waals surface area contributed by atoms with Gasteiger partial charge < -0.3 is 5.32 Å². The Morgan fingerprint density at radius 1 is 1.15 bits per heavy atom. The van der Waals surface area contributed by atoms with Crippen LogP contribution in [0, 0.1) is 13.8 Å². The monoisotopic (exact) mass is 286 g/mol. The molecule has 1 heterocycles. The summed E-state index contributed by atoms with van der Waals surface area (Å²) in [6, 6.07) is 9.96. The van der Waals surface area contributed by atoms with Crippen LogP contribution in [0.1, 0.15) is 17.5 Å². The first-order valence-electron chi connectivity index (χ1n) is 6.55. The van der Waals surface area contributed by atoms with Crippen LogP contribution in [0.4, 0.5) is 5.69 Å². The number of thioether (sulfide) groups is 1. The largest absolute Gasteiger partial charge is 0.326 e. The number of rotatable bonds is 5. The van der Waals surface area contributed by atoms with Gasteiger partial charge in [-0.05, 0) is 49.2 Å². The molecule has 104 valence electrons. The van der Waals surface area contributed by atoms with Crippen LogP contribution in [0.5, 0.6) is 0 Å². The summed E-state index contributed by atoms with van der Waals surface area (Å²) in [5, 5.41) is 2.86. The molecule has 1 aromatic heterocycles. The van der Waals surface area contributed by atoms with E-state index in [1.165, 1.54) is 16.0 Å². The summed E-state index contributed by atoms with van der Waals surface area (Å²) in [6.45, 7) is 4.21. The molecule has 1 aromatic carbocycles. The van der Waals surface area contributed by atoms with Gasteiger partial charge in [-0.25, -0.2) is 0 Å². The molecule has 0 aliphatic carbocycles. The number of nitrogens with one attached hydrogen (secondary N) is 1. The van der Waals surface area contributed by atoms with Crippen LogP contribution in [0.3, 0.4) is 0 Å². The molecule has 2 rings (SSSR count). The highest BCUT2D eigenvalue weighted by Crippen LogP contribution is 2.21. The van der Waals surface area contributed by atoms with Crippen molar-refractivity contribution in [3.63, 3.8) is 0 Å². The number of pyridine rings is 1. The van der Waals surface area contributed by atoms with Gasteiger partial charge >= 0.3 is 0 Å². The molecule has 3 nitrogen and oxygen atoms in total. The molecule has 0 spiro atoms. The number of hydrogen-bond donors (Lipinski definition) is 1. The van der Waals surface area contributed by atoms with E-state index >= 15 is 0 Å². The average molecular weight is 286 g/mol. The second-order valence-electron chi connectivity index (χ2n) is 4.63.